The summed E-state index contributed by atoms with van der Waals surface area (Å²) in [4.78, 5) is 38.5. The Labute approximate surface area is 501 Å². The first-order valence-corrected chi connectivity index (χ1v) is 36.7. The number of rotatable bonds is 69. The van der Waals surface area contributed by atoms with Crippen LogP contribution >= 0.6 is 0 Å². The summed E-state index contributed by atoms with van der Waals surface area (Å²) in [5, 5.41) is 0. The minimum Gasteiger partial charge on any atom is -0.462 e. The first-order valence-electron chi connectivity index (χ1n) is 36.7. The summed E-state index contributed by atoms with van der Waals surface area (Å²) in [6.45, 7) is 6.75. The number of allylic oxidation sites excluding steroid dienone is 2. The zero-order chi connectivity index (χ0) is 57.8. The molecule has 0 saturated heterocycles. The van der Waals surface area contributed by atoms with Crippen LogP contribution in [0.2, 0.25) is 0 Å². The van der Waals surface area contributed by atoms with Gasteiger partial charge in [-0.1, -0.05) is 373 Å². The average molecular weight is 1130 g/mol. The minimum atomic E-state index is -0.767. The van der Waals surface area contributed by atoms with Crippen LogP contribution in [-0.2, 0) is 28.6 Å². The van der Waals surface area contributed by atoms with Gasteiger partial charge in [0.1, 0.15) is 13.2 Å². The van der Waals surface area contributed by atoms with E-state index in [4.69, 9.17) is 14.2 Å². The topological polar surface area (TPSA) is 78.9 Å². The molecular formula is C74H142O6. The summed E-state index contributed by atoms with van der Waals surface area (Å²) in [5.41, 5.74) is 0. The lowest BCUT2D eigenvalue weighted by Gasteiger charge is -2.18. The predicted molar refractivity (Wildman–Crippen MR) is 349 cm³/mol. The Balaban J connectivity index is 4.28. The normalized spacial score (nSPS) is 12.0. The molecular weight excluding hydrogens is 985 g/mol. The summed E-state index contributed by atoms with van der Waals surface area (Å²) in [6.07, 6.45) is 83.8. The van der Waals surface area contributed by atoms with Gasteiger partial charge in [0.25, 0.3) is 0 Å². The van der Waals surface area contributed by atoms with Gasteiger partial charge in [-0.15, -0.1) is 0 Å². The second kappa shape index (κ2) is 69.6. The van der Waals surface area contributed by atoms with Crippen molar-refractivity contribution in [1.29, 1.82) is 0 Å². The molecule has 0 aliphatic carbocycles. The zero-order valence-electron chi connectivity index (χ0n) is 54.6. The van der Waals surface area contributed by atoms with Gasteiger partial charge in [-0.3, -0.25) is 14.4 Å². The first-order chi connectivity index (χ1) is 39.5. The third-order valence-electron chi connectivity index (χ3n) is 17.0. The standard InChI is InChI=1S/C74H142O6/c1-4-7-10-13-16-19-22-25-28-31-34-36-37-38-41-43-46-49-52-55-58-61-64-67-73(76)79-70-71(69-78-72(75)66-63-60-57-54-51-48-45-42-39-33-30-27-24-21-18-15-12-9-6-3)80-74(77)68-65-62-59-56-53-50-47-44-40-35-32-29-26-23-20-17-14-11-8-5-2/h31,34,71H,4-30,32-33,35-70H2,1-3H3/b34-31-. The van der Waals surface area contributed by atoms with Crippen molar-refractivity contribution in [2.75, 3.05) is 13.2 Å². The summed E-state index contributed by atoms with van der Waals surface area (Å²) >= 11 is 0. The van der Waals surface area contributed by atoms with Crippen LogP contribution in [0.3, 0.4) is 0 Å². The van der Waals surface area contributed by atoms with Crippen molar-refractivity contribution >= 4 is 17.9 Å². The summed E-state index contributed by atoms with van der Waals surface area (Å²) in [6, 6.07) is 0. The maximum Gasteiger partial charge on any atom is 0.306 e. The van der Waals surface area contributed by atoms with Gasteiger partial charge in [0, 0.05) is 19.3 Å². The van der Waals surface area contributed by atoms with E-state index in [1.165, 1.54) is 327 Å². The largest absolute Gasteiger partial charge is 0.462 e. The number of hydrogen-bond acceptors (Lipinski definition) is 6. The van der Waals surface area contributed by atoms with Crippen molar-refractivity contribution in [3.63, 3.8) is 0 Å². The van der Waals surface area contributed by atoms with E-state index < -0.39 is 6.10 Å². The van der Waals surface area contributed by atoms with E-state index in [2.05, 4.69) is 32.9 Å². The molecule has 0 aliphatic heterocycles. The maximum atomic E-state index is 13.0. The molecule has 6 heteroatoms. The van der Waals surface area contributed by atoms with Gasteiger partial charge in [0.2, 0.25) is 0 Å². The Bertz CT molecular complexity index is 1250. The monoisotopic (exact) mass is 1130 g/mol. The molecule has 0 fully saturated rings. The SMILES string of the molecule is CCCCCCCCCC/C=C\CCCCCCCCCCCCCC(=O)OCC(COC(=O)CCCCCCCCCCCCCCCCCCCCC)OC(=O)CCCCCCCCCCCCCCCCCCCCCC. The lowest BCUT2D eigenvalue weighted by Crippen LogP contribution is -2.30. The quantitative estimate of drug-likeness (QED) is 0.0261. The minimum absolute atomic E-state index is 0.0625. The molecule has 0 aliphatic rings. The van der Waals surface area contributed by atoms with Crippen molar-refractivity contribution < 1.29 is 28.6 Å². The van der Waals surface area contributed by atoms with Gasteiger partial charge in [-0.25, -0.2) is 0 Å². The highest BCUT2D eigenvalue weighted by atomic mass is 16.6. The highest BCUT2D eigenvalue weighted by molar-refractivity contribution is 5.71. The number of unbranched alkanes of at least 4 members (excludes halogenated alkanes) is 56. The molecule has 0 spiro atoms. The van der Waals surface area contributed by atoms with E-state index in [0.717, 1.165) is 57.8 Å². The molecule has 0 N–H and O–H groups in total. The van der Waals surface area contributed by atoms with E-state index >= 15 is 0 Å². The van der Waals surface area contributed by atoms with Crippen molar-refractivity contribution in [3.8, 4) is 0 Å². The first kappa shape index (κ1) is 78.1. The fourth-order valence-corrected chi connectivity index (χ4v) is 11.5. The molecule has 1 unspecified atom stereocenters. The molecule has 0 amide bonds. The second-order valence-corrected chi connectivity index (χ2v) is 25.2. The molecule has 0 aromatic rings. The Morgan fingerprint density at radius 2 is 0.412 bits per heavy atom. The molecule has 0 heterocycles. The van der Waals surface area contributed by atoms with Crippen LogP contribution in [0.15, 0.2) is 12.2 Å². The van der Waals surface area contributed by atoms with Crippen molar-refractivity contribution in [2.24, 2.45) is 0 Å². The highest BCUT2D eigenvalue weighted by Gasteiger charge is 2.20. The van der Waals surface area contributed by atoms with E-state index in [-0.39, 0.29) is 31.1 Å². The number of carbonyl (C=O) groups excluding carboxylic acids is 3. The number of ether oxygens (including phenoxy) is 3. The fourth-order valence-electron chi connectivity index (χ4n) is 11.5. The Hall–Kier alpha value is -1.85. The van der Waals surface area contributed by atoms with Crippen LogP contribution in [0, 0.1) is 0 Å². The van der Waals surface area contributed by atoms with Gasteiger partial charge < -0.3 is 14.2 Å². The molecule has 0 saturated carbocycles. The van der Waals surface area contributed by atoms with E-state index in [1.807, 2.05) is 0 Å². The summed E-state index contributed by atoms with van der Waals surface area (Å²) in [7, 11) is 0. The maximum absolute atomic E-state index is 13.0. The van der Waals surface area contributed by atoms with E-state index in [1.54, 1.807) is 0 Å². The van der Waals surface area contributed by atoms with E-state index in [9.17, 15) is 14.4 Å². The molecule has 1 atom stereocenters. The Morgan fingerprint density at radius 1 is 0.237 bits per heavy atom. The molecule has 0 radical (unpaired) electrons. The number of hydrogen-bond donors (Lipinski definition) is 0. The lowest BCUT2D eigenvalue weighted by atomic mass is 10.0. The van der Waals surface area contributed by atoms with Crippen molar-refractivity contribution in [2.45, 2.75) is 431 Å². The average Bonchev–Trinajstić information content (AvgIpc) is 3.46. The van der Waals surface area contributed by atoms with Crippen LogP contribution in [0.1, 0.15) is 425 Å². The van der Waals surface area contributed by atoms with Crippen LogP contribution in [0.4, 0.5) is 0 Å². The molecule has 0 bridgehead atoms. The Morgan fingerprint density at radius 3 is 0.625 bits per heavy atom. The molecule has 6 nitrogen and oxygen atoms in total. The smallest absolute Gasteiger partial charge is 0.306 e. The number of esters is 3. The number of carbonyl (C=O) groups is 3. The van der Waals surface area contributed by atoms with Gasteiger partial charge in [-0.2, -0.15) is 0 Å². The molecule has 0 aromatic heterocycles. The van der Waals surface area contributed by atoms with E-state index in [0.29, 0.717) is 19.3 Å². The predicted octanol–water partition coefficient (Wildman–Crippen LogP) is 25.2. The highest BCUT2D eigenvalue weighted by Crippen LogP contribution is 2.19. The molecule has 80 heavy (non-hydrogen) atoms. The van der Waals surface area contributed by atoms with Gasteiger partial charge in [0.05, 0.1) is 0 Å². The summed E-state index contributed by atoms with van der Waals surface area (Å²) in [5.74, 6) is -0.823. The van der Waals surface area contributed by atoms with Crippen molar-refractivity contribution in [1.82, 2.24) is 0 Å². The zero-order valence-corrected chi connectivity index (χ0v) is 54.6. The molecule has 474 valence electrons. The third kappa shape index (κ3) is 66.9. The van der Waals surface area contributed by atoms with Crippen LogP contribution in [-0.4, -0.2) is 37.2 Å². The second-order valence-electron chi connectivity index (χ2n) is 25.2. The van der Waals surface area contributed by atoms with Crippen molar-refractivity contribution in [3.05, 3.63) is 12.2 Å². The Kier molecular flexibility index (Phi) is 68.0. The third-order valence-corrected chi connectivity index (χ3v) is 17.0. The lowest BCUT2D eigenvalue weighted by molar-refractivity contribution is -0.167. The van der Waals surface area contributed by atoms with Gasteiger partial charge in [-0.05, 0) is 44.9 Å². The summed E-state index contributed by atoms with van der Waals surface area (Å²) < 4.78 is 17.0. The van der Waals surface area contributed by atoms with Crippen LogP contribution < -0.4 is 0 Å². The van der Waals surface area contributed by atoms with Gasteiger partial charge >= 0.3 is 17.9 Å². The molecule has 0 aromatic carbocycles. The van der Waals surface area contributed by atoms with Gasteiger partial charge in [0.15, 0.2) is 6.10 Å². The fraction of sp³-hybridized carbons (Fsp3) is 0.932. The van der Waals surface area contributed by atoms with Crippen LogP contribution in [0.25, 0.3) is 0 Å². The van der Waals surface area contributed by atoms with Crippen LogP contribution in [0.5, 0.6) is 0 Å². The molecule has 0 rings (SSSR count).